The maximum Gasteiger partial charge on any atom is 0.0449 e. The standard InChI is InChI=1S/C16H28BrNSi/c1-13(2)10-18-11-15(12-19(3,4)5)14-7-6-8-16(17)9-14/h6-9,13,15,18H,10-12H2,1-5H3. The lowest BCUT2D eigenvalue weighted by molar-refractivity contribution is 0.527. The minimum Gasteiger partial charge on any atom is -0.316 e. The van der Waals surface area contributed by atoms with Crippen LogP contribution in [0.5, 0.6) is 0 Å². The fourth-order valence-corrected chi connectivity index (χ4v) is 4.63. The monoisotopic (exact) mass is 341 g/mol. The van der Waals surface area contributed by atoms with Gasteiger partial charge in [0, 0.05) is 19.1 Å². The van der Waals surface area contributed by atoms with Gasteiger partial charge in [-0.05, 0) is 42.1 Å². The van der Waals surface area contributed by atoms with Crippen molar-refractivity contribution in [2.24, 2.45) is 5.92 Å². The van der Waals surface area contributed by atoms with Gasteiger partial charge in [-0.2, -0.15) is 0 Å². The highest BCUT2D eigenvalue weighted by Crippen LogP contribution is 2.28. The molecule has 1 N–H and O–H groups in total. The highest BCUT2D eigenvalue weighted by molar-refractivity contribution is 9.10. The zero-order valence-electron chi connectivity index (χ0n) is 13.0. The first-order valence-corrected chi connectivity index (χ1v) is 11.7. The lowest BCUT2D eigenvalue weighted by Gasteiger charge is -2.26. The van der Waals surface area contributed by atoms with Crippen molar-refractivity contribution in [3.63, 3.8) is 0 Å². The van der Waals surface area contributed by atoms with Gasteiger partial charge in [0.2, 0.25) is 0 Å². The van der Waals surface area contributed by atoms with Crippen LogP contribution in [0, 0.1) is 5.92 Å². The molecule has 0 heterocycles. The molecule has 108 valence electrons. The summed E-state index contributed by atoms with van der Waals surface area (Å²) in [5.41, 5.74) is 1.47. The Labute approximate surface area is 128 Å². The fourth-order valence-electron chi connectivity index (χ4n) is 2.35. The van der Waals surface area contributed by atoms with Crippen LogP contribution in [0.2, 0.25) is 25.7 Å². The van der Waals surface area contributed by atoms with Gasteiger partial charge in [0.25, 0.3) is 0 Å². The molecule has 0 aliphatic carbocycles. The Kier molecular flexibility index (Phi) is 6.78. The van der Waals surface area contributed by atoms with Crippen LogP contribution in [-0.4, -0.2) is 21.2 Å². The number of hydrogen-bond donors (Lipinski definition) is 1. The minimum absolute atomic E-state index is 0.642. The van der Waals surface area contributed by atoms with Gasteiger partial charge in [-0.15, -0.1) is 0 Å². The van der Waals surface area contributed by atoms with Gasteiger partial charge in [0.15, 0.2) is 0 Å². The molecule has 19 heavy (non-hydrogen) atoms. The van der Waals surface area contributed by atoms with Crippen LogP contribution in [0.4, 0.5) is 0 Å². The van der Waals surface area contributed by atoms with Crippen LogP contribution in [0.3, 0.4) is 0 Å². The average Bonchev–Trinajstić information content (AvgIpc) is 2.25. The number of halogens is 1. The van der Waals surface area contributed by atoms with Gasteiger partial charge >= 0.3 is 0 Å². The third kappa shape index (κ3) is 7.28. The zero-order chi connectivity index (χ0) is 14.5. The van der Waals surface area contributed by atoms with Crippen LogP contribution in [0.1, 0.15) is 25.3 Å². The van der Waals surface area contributed by atoms with E-state index < -0.39 is 8.07 Å². The molecule has 0 aliphatic rings. The molecule has 1 rings (SSSR count). The quantitative estimate of drug-likeness (QED) is 0.679. The summed E-state index contributed by atoms with van der Waals surface area (Å²) in [7, 11) is -1.05. The molecule has 0 aliphatic heterocycles. The maximum absolute atomic E-state index is 3.63. The molecule has 0 amide bonds. The van der Waals surface area contributed by atoms with Crippen LogP contribution in [0.15, 0.2) is 28.7 Å². The van der Waals surface area contributed by atoms with Gasteiger partial charge in [-0.1, -0.05) is 61.6 Å². The SMILES string of the molecule is CC(C)CNCC(C[Si](C)(C)C)c1cccc(Br)c1. The van der Waals surface area contributed by atoms with Crippen molar-refractivity contribution in [2.45, 2.75) is 45.5 Å². The molecule has 0 bridgehead atoms. The first-order chi connectivity index (χ1) is 8.78. The topological polar surface area (TPSA) is 12.0 Å². The third-order valence-electron chi connectivity index (χ3n) is 3.12. The van der Waals surface area contributed by atoms with E-state index in [0.717, 1.165) is 19.0 Å². The van der Waals surface area contributed by atoms with Crippen molar-refractivity contribution in [3.05, 3.63) is 34.3 Å². The molecular formula is C16H28BrNSi. The van der Waals surface area contributed by atoms with E-state index in [1.165, 1.54) is 16.1 Å². The molecule has 0 saturated heterocycles. The minimum atomic E-state index is -1.05. The molecule has 0 radical (unpaired) electrons. The Hall–Kier alpha value is -0.123. The number of nitrogens with one attached hydrogen (secondary N) is 1. The molecule has 1 aromatic rings. The third-order valence-corrected chi connectivity index (χ3v) is 5.33. The summed E-state index contributed by atoms with van der Waals surface area (Å²) in [6.45, 7) is 14.1. The summed E-state index contributed by atoms with van der Waals surface area (Å²) in [4.78, 5) is 0. The number of benzene rings is 1. The van der Waals surface area contributed by atoms with Crippen LogP contribution in [-0.2, 0) is 0 Å². The first kappa shape index (κ1) is 16.9. The average molecular weight is 342 g/mol. The Morgan fingerprint density at radius 2 is 1.84 bits per heavy atom. The van der Waals surface area contributed by atoms with Crippen molar-refractivity contribution < 1.29 is 0 Å². The largest absolute Gasteiger partial charge is 0.316 e. The Morgan fingerprint density at radius 1 is 1.16 bits per heavy atom. The normalized spacial score (nSPS) is 13.8. The molecular weight excluding hydrogens is 314 g/mol. The molecule has 0 saturated carbocycles. The van der Waals surface area contributed by atoms with Crippen LogP contribution >= 0.6 is 15.9 Å². The van der Waals surface area contributed by atoms with Crippen molar-refractivity contribution >= 4 is 24.0 Å². The van der Waals surface area contributed by atoms with Crippen molar-refractivity contribution in [1.82, 2.24) is 5.32 Å². The second kappa shape index (κ2) is 7.60. The van der Waals surface area contributed by atoms with Crippen molar-refractivity contribution in [1.29, 1.82) is 0 Å². The lowest BCUT2D eigenvalue weighted by Crippen LogP contribution is -2.31. The molecule has 1 aromatic carbocycles. The Morgan fingerprint density at radius 3 is 2.37 bits per heavy atom. The van der Waals surface area contributed by atoms with E-state index in [2.05, 4.69) is 79.0 Å². The summed E-state index contributed by atoms with van der Waals surface area (Å²) in [6.07, 6.45) is 0. The molecule has 0 aromatic heterocycles. The van der Waals surface area contributed by atoms with E-state index >= 15 is 0 Å². The molecule has 1 unspecified atom stereocenters. The Balaban J connectivity index is 2.74. The fraction of sp³-hybridized carbons (Fsp3) is 0.625. The Bertz CT molecular complexity index is 385. The van der Waals surface area contributed by atoms with E-state index in [0.29, 0.717) is 5.92 Å². The van der Waals surface area contributed by atoms with E-state index in [1.807, 2.05) is 0 Å². The first-order valence-electron chi connectivity index (χ1n) is 7.24. The van der Waals surface area contributed by atoms with Gasteiger partial charge in [-0.3, -0.25) is 0 Å². The lowest BCUT2D eigenvalue weighted by atomic mass is 10.0. The predicted molar refractivity (Wildman–Crippen MR) is 92.7 cm³/mol. The van der Waals surface area contributed by atoms with Gasteiger partial charge in [-0.25, -0.2) is 0 Å². The summed E-state index contributed by atoms with van der Waals surface area (Å²) in [5.74, 6) is 1.36. The number of hydrogen-bond acceptors (Lipinski definition) is 1. The van der Waals surface area contributed by atoms with E-state index in [9.17, 15) is 0 Å². The summed E-state index contributed by atoms with van der Waals surface area (Å²) in [6, 6.07) is 10.2. The maximum atomic E-state index is 3.63. The van der Waals surface area contributed by atoms with Crippen LogP contribution < -0.4 is 5.32 Å². The molecule has 1 nitrogen and oxygen atoms in total. The summed E-state index contributed by atoms with van der Waals surface area (Å²) in [5, 5.41) is 3.63. The second-order valence-corrected chi connectivity index (χ2v) is 13.5. The van der Waals surface area contributed by atoms with E-state index in [-0.39, 0.29) is 0 Å². The molecule has 0 fully saturated rings. The highest BCUT2D eigenvalue weighted by atomic mass is 79.9. The van der Waals surface area contributed by atoms with Crippen molar-refractivity contribution in [3.8, 4) is 0 Å². The molecule has 1 atom stereocenters. The number of rotatable bonds is 7. The van der Waals surface area contributed by atoms with Gasteiger partial charge in [0.05, 0.1) is 0 Å². The molecule has 0 spiro atoms. The van der Waals surface area contributed by atoms with Gasteiger partial charge < -0.3 is 5.32 Å². The van der Waals surface area contributed by atoms with Crippen LogP contribution in [0.25, 0.3) is 0 Å². The summed E-state index contributed by atoms with van der Waals surface area (Å²) >= 11 is 3.59. The second-order valence-electron chi connectivity index (χ2n) is 7.07. The van der Waals surface area contributed by atoms with Gasteiger partial charge in [0.1, 0.15) is 0 Å². The predicted octanol–water partition coefficient (Wildman–Crippen LogP) is 5.12. The summed E-state index contributed by atoms with van der Waals surface area (Å²) < 4.78 is 1.19. The van der Waals surface area contributed by atoms with E-state index in [1.54, 1.807) is 0 Å². The van der Waals surface area contributed by atoms with Crippen molar-refractivity contribution in [2.75, 3.05) is 13.1 Å². The smallest absolute Gasteiger partial charge is 0.0449 e. The molecule has 3 heteroatoms. The zero-order valence-corrected chi connectivity index (χ0v) is 15.5. The van der Waals surface area contributed by atoms with E-state index in [4.69, 9.17) is 0 Å². The highest BCUT2D eigenvalue weighted by Gasteiger charge is 2.21.